The summed E-state index contributed by atoms with van der Waals surface area (Å²) in [5.74, 6) is -0.424. The molecule has 1 aromatic carbocycles. The van der Waals surface area contributed by atoms with E-state index in [0.717, 1.165) is 19.3 Å². The van der Waals surface area contributed by atoms with Crippen LogP contribution in [0.4, 0.5) is 10.5 Å². The minimum absolute atomic E-state index is 0.000505. The Morgan fingerprint density at radius 3 is 2.53 bits per heavy atom. The van der Waals surface area contributed by atoms with Crippen molar-refractivity contribution in [3.05, 3.63) is 53.9 Å². The Balaban J connectivity index is 1.94. The molecule has 4 amide bonds. The highest BCUT2D eigenvalue weighted by atomic mass is 16.5. The number of nitrogens with zero attached hydrogens (tertiary/aromatic N) is 3. The summed E-state index contributed by atoms with van der Waals surface area (Å²) >= 11 is 0. The zero-order valence-electron chi connectivity index (χ0n) is 26.2. The third-order valence-corrected chi connectivity index (χ3v) is 7.46. The molecule has 0 fully saturated rings. The Labute approximate surface area is 254 Å². The lowest BCUT2D eigenvalue weighted by Crippen LogP contribution is -2.49. The van der Waals surface area contributed by atoms with Crippen molar-refractivity contribution in [3.63, 3.8) is 0 Å². The first kappa shape index (κ1) is 33.8. The maximum atomic E-state index is 14.2. The molecule has 0 spiro atoms. The summed E-state index contributed by atoms with van der Waals surface area (Å²) in [4.78, 5) is 46.9. The summed E-state index contributed by atoms with van der Waals surface area (Å²) in [5, 5.41) is 15.9. The number of pyridine rings is 1. The second-order valence-electron chi connectivity index (χ2n) is 11.7. The van der Waals surface area contributed by atoms with E-state index in [0.29, 0.717) is 30.2 Å². The van der Waals surface area contributed by atoms with E-state index in [1.54, 1.807) is 54.1 Å². The Morgan fingerprint density at radius 2 is 1.86 bits per heavy atom. The maximum absolute atomic E-state index is 14.2. The first-order valence-corrected chi connectivity index (χ1v) is 15.1. The quantitative estimate of drug-likeness (QED) is 0.436. The van der Waals surface area contributed by atoms with E-state index in [4.69, 9.17) is 9.47 Å². The largest absolute Gasteiger partial charge is 0.490 e. The van der Waals surface area contributed by atoms with Crippen LogP contribution in [0.3, 0.4) is 0 Å². The molecule has 0 saturated heterocycles. The van der Waals surface area contributed by atoms with Crippen molar-refractivity contribution in [2.24, 2.45) is 5.92 Å². The Morgan fingerprint density at radius 1 is 1.14 bits per heavy atom. The molecule has 1 aliphatic heterocycles. The summed E-state index contributed by atoms with van der Waals surface area (Å²) in [7, 11) is 1.73. The van der Waals surface area contributed by atoms with Gasteiger partial charge in [-0.05, 0) is 77.3 Å². The van der Waals surface area contributed by atoms with E-state index in [1.807, 2.05) is 27.7 Å². The highest BCUT2D eigenvalue weighted by Gasteiger charge is 2.31. The summed E-state index contributed by atoms with van der Waals surface area (Å²) in [5.41, 5.74) is 1.17. The number of ether oxygens (including phenoxy) is 2. The lowest BCUT2D eigenvalue weighted by atomic mass is 10.0. The van der Waals surface area contributed by atoms with Crippen LogP contribution in [0, 0.1) is 5.92 Å². The van der Waals surface area contributed by atoms with Crippen LogP contribution in [-0.2, 0) is 4.74 Å². The van der Waals surface area contributed by atoms with Crippen LogP contribution in [0.15, 0.2) is 42.7 Å². The number of anilines is 1. The average Bonchev–Trinajstić information content (AvgIpc) is 2.98. The van der Waals surface area contributed by atoms with Gasteiger partial charge >= 0.3 is 6.03 Å². The lowest BCUT2D eigenvalue weighted by molar-refractivity contribution is -0.0122. The van der Waals surface area contributed by atoms with Gasteiger partial charge in [0.25, 0.3) is 11.8 Å². The van der Waals surface area contributed by atoms with Gasteiger partial charge in [0.2, 0.25) is 0 Å². The third-order valence-electron chi connectivity index (χ3n) is 7.46. The SMILES string of the molecule is CC(C)NC(=O)N(C)C[C@H]1OCCCC[C@H](C)Oc2ccc(NC(=O)c3ccncc3)cc2C(=O)N([C@H](C)CO)C[C@@H]1C. The molecule has 0 aliphatic carbocycles. The highest BCUT2D eigenvalue weighted by Crippen LogP contribution is 2.28. The van der Waals surface area contributed by atoms with E-state index in [-0.39, 0.29) is 60.7 Å². The predicted molar refractivity (Wildman–Crippen MR) is 165 cm³/mol. The molecule has 0 saturated carbocycles. The Bertz CT molecular complexity index is 1210. The number of carbonyl (C=O) groups excluding carboxylic acids is 3. The van der Waals surface area contributed by atoms with Gasteiger partial charge in [-0.15, -0.1) is 0 Å². The molecule has 11 nitrogen and oxygen atoms in total. The summed E-state index contributed by atoms with van der Waals surface area (Å²) in [6.45, 7) is 10.4. The van der Waals surface area contributed by atoms with Gasteiger partial charge in [0.05, 0.1) is 30.4 Å². The third kappa shape index (κ3) is 9.93. The summed E-state index contributed by atoms with van der Waals surface area (Å²) < 4.78 is 12.6. The molecular weight excluding hydrogens is 550 g/mol. The van der Waals surface area contributed by atoms with Crippen LogP contribution in [0.1, 0.15) is 74.6 Å². The highest BCUT2D eigenvalue weighted by molar-refractivity contribution is 6.05. The molecule has 2 heterocycles. The first-order chi connectivity index (χ1) is 20.5. The zero-order chi connectivity index (χ0) is 31.5. The number of rotatable bonds is 7. The van der Waals surface area contributed by atoms with Crippen molar-refractivity contribution < 1.29 is 29.0 Å². The van der Waals surface area contributed by atoms with Gasteiger partial charge in [0, 0.05) is 62.3 Å². The molecule has 1 aliphatic rings. The summed E-state index contributed by atoms with van der Waals surface area (Å²) in [6, 6.07) is 7.56. The van der Waals surface area contributed by atoms with E-state index < -0.39 is 6.04 Å². The number of aliphatic hydroxyl groups excluding tert-OH is 1. The predicted octanol–water partition coefficient (Wildman–Crippen LogP) is 4.18. The zero-order valence-corrected chi connectivity index (χ0v) is 26.2. The van der Waals surface area contributed by atoms with Crippen molar-refractivity contribution in [3.8, 4) is 5.75 Å². The molecule has 11 heteroatoms. The number of fused-ring (bicyclic) bond motifs is 1. The van der Waals surface area contributed by atoms with Gasteiger partial charge in [-0.25, -0.2) is 4.79 Å². The van der Waals surface area contributed by atoms with Crippen molar-refractivity contribution in [2.45, 2.75) is 78.2 Å². The fourth-order valence-electron chi connectivity index (χ4n) is 4.88. The second-order valence-corrected chi connectivity index (χ2v) is 11.7. The van der Waals surface area contributed by atoms with Crippen molar-refractivity contribution in [2.75, 3.05) is 38.7 Å². The van der Waals surface area contributed by atoms with E-state index in [2.05, 4.69) is 15.6 Å². The fraction of sp³-hybridized carbons (Fsp3) is 0.562. The van der Waals surface area contributed by atoms with Gasteiger partial charge in [0.15, 0.2) is 0 Å². The Kier molecular flexibility index (Phi) is 12.8. The number of aromatic nitrogens is 1. The number of aliphatic hydroxyl groups is 1. The number of likely N-dealkylation sites (N-methyl/N-ethyl adjacent to an activating group) is 1. The molecular formula is C32H47N5O6. The molecule has 0 radical (unpaired) electrons. The van der Waals surface area contributed by atoms with Crippen LogP contribution in [0.2, 0.25) is 0 Å². The molecule has 2 aromatic rings. The van der Waals surface area contributed by atoms with Crippen LogP contribution < -0.4 is 15.4 Å². The van der Waals surface area contributed by atoms with Gasteiger partial charge in [-0.1, -0.05) is 6.92 Å². The van der Waals surface area contributed by atoms with E-state index in [9.17, 15) is 19.5 Å². The van der Waals surface area contributed by atoms with Crippen LogP contribution in [0.25, 0.3) is 0 Å². The number of hydrogen-bond acceptors (Lipinski definition) is 7. The van der Waals surface area contributed by atoms with Gasteiger partial charge in [-0.2, -0.15) is 0 Å². The second kappa shape index (κ2) is 16.2. The number of hydrogen-bond donors (Lipinski definition) is 3. The van der Waals surface area contributed by atoms with Gasteiger partial charge in [-0.3, -0.25) is 14.6 Å². The Hall–Kier alpha value is -3.70. The summed E-state index contributed by atoms with van der Waals surface area (Å²) in [6.07, 6.45) is 5.01. The van der Waals surface area contributed by atoms with Crippen molar-refractivity contribution in [1.29, 1.82) is 0 Å². The number of amides is 4. The number of urea groups is 1. The first-order valence-electron chi connectivity index (χ1n) is 15.1. The van der Waals surface area contributed by atoms with Crippen molar-refractivity contribution >= 4 is 23.5 Å². The minimum atomic E-state index is -0.509. The molecule has 3 rings (SSSR count). The van der Waals surface area contributed by atoms with Crippen molar-refractivity contribution in [1.82, 2.24) is 20.1 Å². The normalized spacial score (nSPS) is 20.8. The molecule has 1 aromatic heterocycles. The van der Waals surface area contributed by atoms with E-state index in [1.165, 1.54) is 12.4 Å². The monoisotopic (exact) mass is 597 g/mol. The van der Waals surface area contributed by atoms with Crippen LogP contribution in [-0.4, -0.2) is 95.4 Å². The lowest BCUT2D eigenvalue weighted by Gasteiger charge is -2.36. The van der Waals surface area contributed by atoms with E-state index >= 15 is 0 Å². The molecule has 4 atom stereocenters. The molecule has 0 unspecified atom stereocenters. The number of carbonyl (C=O) groups is 3. The van der Waals surface area contributed by atoms with Crippen LogP contribution >= 0.6 is 0 Å². The molecule has 43 heavy (non-hydrogen) atoms. The molecule has 3 N–H and O–H groups in total. The molecule has 236 valence electrons. The van der Waals surface area contributed by atoms with Gasteiger partial charge in [0.1, 0.15) is 5.75 Å². The average molecular weight is 598 g/mol. The standard InChI is InChI=1S/C32H47N5O6/c1-21(2)34-32(41)36(6)19-29-22(3)18-37(23(4)20-38)31(40)27-17-26(35-30(39)25-12-14-33-15-13-25)10-11-28(27)43-24(5)9-7-8-16-42-29/h10-15,17,21-24,29,38H,7-9,16,18-20H2,1-6H3,(H,34,41)(H,35,39)/t22-,23+,24-,29+/m0/s1. The molecule has 0 bridgehead atoms. The topological polar surface area (TPSA) is 133 Å². The number of benzene rings is 1. The fourth-order valence-corrected chi connectivity index (χ4v) is 4.88. The van der Waals surface area contributed by atoms with Gasteiger partial charge < -0.3 is 35.0 Å². The van der Waals surface area contributed by atoms with Crippen LogP contribution in [0.5, 0.6) is 5.75 Å². The number of nitrogens with one attached hydrogen (secondary N) is 2. The minimum Gasteiger partial charge on any atom is -0.490 e. The smallest absolute Gasteiger partial charge is 0.317 e. The maximum Gasteiger partial charge on any atom is 0.317 e.